The lowest BCUT2D eigenvalue weighted by atomic mass is 10.2. The van der Waals surface area contributed by atoms with Crippen molar-refractivity contribution in [1.82, 2.24) is 5.48 Å². The minimum atomic E-state index is 0.388. The summed E-state index contributed by atoms with van der Waals surface area (Å²) in [5.74, 6) is 0.388. The minimum Gasteiger partial charge on any atom is -0.379 e. The second-order valence-corrected chi connectivity index (χ2v) is 2.20. The molecule has 0 bridgehead atoms. The van der Waals surface area contributed by atoms with E-state index < -0.39 is 0 Å². The van der Waals surface area contributed by atoms with E-state index in [1.165, 1.54) is 0 Å². The first kappa shape index (κ1) is 9.62. The van der Waals surface area contributed by atoms with Crippen LogP contribution in [0, 0.1) is 5.92 Å². The molecule has 0 aliphatic rings. The molecule has 10 heavy (non-hydrogen) atoms. The van der Waals surface area contributed by atoms with Crippen LogP contribution in [0.2, 0.25) is 0 Å². The maximum Gasteiger partial charge on any atom is 0.0614 e. The molecule has 1 atom stereocenters. The molecule has 60 valence electrons. The predicted molar refractivity (Wildman–Crippen MR) is 40.0 cm³/mol. The summed E-state index contributed by atoms with van der Waals surface area (Å²) in [5.41, 5.74) is 2.01. The third-order valence-corrected chi connectivity index (χ3v) is 1.14. The number of hydroxylamine groups is 1. The van der Waals surface area contributed by atoms with Crippen LogP contribution in [0.5, 0.6) is 0 Å². The van der Waals surface area contributed by atoms with E-state index in [-0.39, 0.29) is 0 Å². The quantitative estimate of drug-likeness (QED) is 0.330. The van der Waals surface area contributed by atoms with E-state index in [0.29, 0.717) is 25.7 Å². The summed E-state index contributed by atoms with van der Waals surface area (Å²) >= 11 is 0. The predicted octanol–water partition coefficient (Wildman–Crippen LogP) is 0.804. The lowest BCUT2D eigenvalue weighted by molar-refractivity contribution is 0.0810. The summed E-state index contributed by atoms with van der Waals surface area (Å²) in [4.78, 5) is 0. The second kappa shape index (κ2) is 6.74. The van der Waals surface area contributed by atoms with Crippen molar-refractivity contribution in [3.63, 3.8) is 0 Å². The maximum absolute atomic E-state index is 8.14. The molecule has 0 aromatic carbocycles. The Labute approximate surface area is 61.7 Å². The van der Waals surface area contributed by atoms with Crippen molar-refractivity contribution in [2.24, 2.45) is 5.92 Å². The standard InChI is InChI=1S/C7H15NO2/c1-3-7(2)6-10-5-4-8-9/h3,7-9H,1,4-6H2,2H3. The van der Waals surface area contributed by atoms with Crippen molar-refractivity contribution in [1.29, 1.82) is 0 Å². The first-order valence-corrected chi connectivity index (χ1v) is 3.38. The third kappa shape index (κ3) is 5.75. The van der Waals surface area contributed by atoms with Crippen LogP contribution in [0.3, 0.4) is 0 Å². The Bertz CT molecular complexity index is 85.7. The van der Waals surface area contributed by atoms with Crippen LogP contribution in [0.1, 0.15) is 6.92 Å². The van der Waals surface area contributed by atoms with Gasteiger partial charge in [0.15, 0.2) is 0 Å². The van der Waals surface area contributed by atoms with Gasteiger partial charge in [-0.05, 0) is 5.92 Å². The molecule has 0 amide bonds. The van der Waals surface area contributed by atoms with Gasteiger partial charge in [-0.2, -0.15) is 0 Å². The van der Waals surface area contributed by atoms with Crippen molar-refractivity contribution >= 4 is 0 Å². The average Bonchev–Trinajstić information content (AvgIpc) is 1.98. The zero-order chi connectivity index (χ0) is 7.82. The molecule has 0 aromatic heterocycles. The van der Waals surface area contributed by atoms with Gasteiger partial charge in [0.1, 0.15) is 0 Å². The van der Waals surface area contributed by atoms with Crippen LogP contribution < -0.4 is 5.48 Å². The van der Waals surface area contributed by atoms with Gasteiger partial charge in [-0.15, -0.1) is 6.58 Å². The lowest BCUT2D eigenvalue weighted by Gasteiger charge is -2.05. The Morgan fingerprint density at radius 3 is 3.00 bits per heavy atom. The van der Waals surface area contributed by atoms with Crippen LogP contribution in [0.15, 0.2) is 12.7 Å². The molecule has 1 unspecified atom stereocenters. The molecule has 0 saturated carbocycles. The van der Waals surface area contributed by atoms with Crippen LogP contribution in [-0.4, -0.2) is 25.0 Å². The molecule has 2 N–H and O–H groups in total. The van der Waals surface area contributed by atoms with Gasteiger partial charge in [-0.3, -0.25) is 0 Å². The zero-order valence-electron chi connectivity index (χ0n) is 6.34. The van der Waals surface area contributed by atoms with Gasteiger partial charge in [0.25, 0.3) is 0 Å². The smallest absolute Gasteiger partial charge is 0.0614 e. The number of ether oxygens (including phenoxy) is 1. The van der Waals surface area contributed by atoms with E-state index in [1.54, 1.807) is 0 Å². The van der Waals surface area contributed by atoms with E-state index in [4.69, 9.17) is 9.94 Å². The molecular formula is C7H15NO2. The van der Waals surface area contributed by atoms with E-state index in [9.17, 15) is 0 Å². The lowest BCUT2D eigenvalue weighted by Crippen LogP contribution is -2.16. The monoisotopic (exact) mass is 145 g/mol. The third-order valence-electron chi connectivity index (χ3n) is 1.14. The van der Waals surface area contributed by atoms with Crippen molar-refractivity contribution in [2.75, 3.05) is 19.8 Å². The van der Waals surface area contributed by atoms with Gasteiger partial charge < -0.3 is 9.94 Å². The topological polar surface area (TPSA) is 41.5 Å². The van der Waals surface area contributed by atoms with E-state index >= 15 is 0 Å². The first-order valence-electron chi connectivity index (χ1n) is 3.38. The molecule has 0 aliphatic heterocycles. The van der Waals surface area contributed by atoms with Crippen LogP contribution in [-0.2, 0) is 4.74 Å². The molecule has 0 rings (SSSR count). The minimum absolute atomic E-state index is 0.388. The highest BCUT2D eigenvalue weighted by Crippen LogP contribution is 1.94. The number of nitrogens with one attached hydrogen (secondary N) is 1. The average molecular weight is 145 g/mol. The Kier molecular flexibility index (Phi) is 6.48. The number of hydrogen-bond donors (Lipinski definition) is 2. The van der Waals surface area contributed by atoms with Gasteiger partial charge in [0.05, 0.1) is 13.2 Å². The summed E-state index contributed by atoms with van der Waals surface area (Å²) in [6.45, 7) is 7.33. The van der Waals surface area contributed by atoms with E-state index in [0.717, 1.165) is 0 Å². The molecule has 0 radical (unpaired) electrons. The molecule has 3 nitrogen and oxygen atoms in total. The molecule has 3 heteroatoms. The summed E-state index contributed by atoms with van der Waals surface area (Å²) in [5, 5.41) is 8.14. The zero-order valence-corrected chi connectivity index (χ0v) is 6.34. The van der Waals surface area contributed by atoms with Crippen LogP contribution in [0.25, 0.3) is 0 Å². The van der Waals surface area contributed by atoms with Crippen LogP contribution >= 0.6 is 0 Å². The number of rotatable bonds is 6. The fourth-order valence-corrected chi connectivity index (χ4v) is 0.455. The summed E-state index contributed by atoms with van der Waals surface area (Å²) < 4.78 is 5.13. The SMILES string of the molecule is C=CC(C)COCCNO. The molecule has 0 aliphatic carbocycles. The second-order valence-electron chi connectivity index (χ2n) is 2.20. The van der Waals surface area contributed by atoms with Crippen LogP contribution in [0.4, 0.5) is 0 Å². The van der Waals surface area contributed by atoms with Gasteiger partial charge in [0.2, 0.25) is 0 Å². The first-order chi connectivity index (χ1) is 4.81. The normalized spacial score (nSPS) is 13.0. The highest BCUT2D eigenvalue weighted by atomic mass is 16.5. The fourth-order valence-electron chi connectivity index (χ4n) is 0.455. The molecule has 0 heterocycles. The Hall–Kier alpha value is -0.380. The van der Waals surface area contributed by atoms with Gasteiger partial charge >= 0.3 is 0 Å². The highest BCUT2D eigenvalue weighted by Gasteiger charge is 1.93. The maximum atomic E-state index is 8.14. The van der Waals surface area contributed by atoms with Gasteiger partial charge in [-0.25, -0.2) is 5.48 Å². The molecule has 0 aromatic rings. The molecule has 0 saturated heterocycles. The summed E-state index contributed by atoms with van der Waals surface area (Å²) in [7, 11) is 0. The summed E-state index contributed by atoms with van der Waals surface area (Å²) in [6.07, 6.45) is 1.84. The summed E-state index contributed by atoms with van der Waals surface area (Å²) in [6, 6.07) is 0. The Morgan fingerprint density at radius 2 is 2.50 bits per heavy atom. The van der Waals surface area contributed by atoms with Crippen molar-refractivity contribution < 1.29 is 9.94 Å². The van der Waals surface area contributed by atoms with Crippen molar-refractivity contribution in [3.8, 4) is 0 Å². The Balaban J connectivity index is 2.95. The molecular weight excluding hydrogens is 130 g/mol. The van der Waals surface area contributed by atoms with Gasteiger partial charge in [0, 0.05) is 6.54 Å². The highest BCUT2D eigenvalue weighted by molar-refractivity contribution is 4.73. The van der Waals surface area contributed by atoms with Crippen molar-refractivity contribution in [2.45, 2.75) is 6.92 Å². The van der Waals surface area contributed by atoms with Crippen molar-refractivity contribution in [3.05, 3.63) is 12.7 Å². The van der Waals surface area contributed by atoms with E-state index in [2.05, 4.69) is 6.58 Å². The molecule has 0 spiro atoms. The van der Waals surface area contributed by atoms with Gasteiger partial charge in [-0.1, -0.05) is 13.0 Å². The fraction of sp³-hybridized carbons (Fsp3) is 0.714. The molecule has 0 fully saturated rings. The largest absolute Gasteiger partial charge is 0.379 e. The number of hydrogen-bond acceptors (Lipinski definition) is 3. The Morgan fingerprint density at radius 1 is 1.80 bits per heavy atom. The van der Waals surface area contributed by atoms with E-state index in [1.807, 2.05) is 18.5 Å².